The molecule has 0 saturated carbocycles. The summed E-state index contributed by atoms with van der Waals surface area (Å²) in [6.07, 6.45) is -1.49. The smallest absolute Gasteiger partial charge is 0.407 e. The zero-order valence-electron chi connectivity index (χ0n) is 24.2. The minimum absolute atomic E-state index is 0. The molecule has 2 atom stereocenters. The van der Waals surface area contributed by atoms with Gasteiger partial charge in [-0.1, -0.05) is 84.1 Å². The molecule has 5 N–H and O–H groups in total. The van der Waals surface area contributed by atoms with Gasteiger partial charge in [-0.25, -0.2) is 19.2 Å². The number of esters is 1. The topological polar surface area (TPSA) is 181 Å². The molecule has 2 amide bonds. The molecule has 0 heterocycles. The second-order valence-corrected chi connectivity index (χ2v) is 12.5. The van der Waals surface area contributed by atoms with Crippen LogP contribution in [0.15, 0.2) is 0 Å². The van der Waals surface area contributed by atoms with Crippen LogP contribution >= 0.6 is 0 Å². The lowest BCUT2D eigenvalue weighted by Crippen LogP contribution is -2.50. The molecule has 39 heavy (non-hydrogen) atoms. The molecule has 0 aliphatic carbocycles. The van der Waals surface area contributed by atoms with Crippen molar-refractivity contribution in [3.63, 3.8) is 0 Å². The van der Waals surface area contributed by atoms with Gasteiger partial charge in [-0.05, 0) is 10.8 Å². The molecular weight excluding hydrogens is 512 g/mol. The predicted octanol–water partition coefficient (Wildman–Crippen LogP) is 3.82. The van der Waals surface area contributed by atoms with E-state index >= 15 is 0 Å². The second kappa shape index (κ2) is 17.9. The van der Waals surface area contributed by atoms with Crippen LogP contribution < -0.4 is 10.6 Å². The van der Waals surface area contributed by atoms with E-state index in [2.05, 4.69) is 15.4 Å². The van der Waals surface area contributed by atoms with E-state index in [9.17, 15) is 19.2 Å². The molecule has 0 radical (unpaired) electrons. The summed E-state index contributed by atoms with van der Waals surface area (Å²) < 4.78 is 14.6. The van der Waals surface area contributed by atoms with Crippen LogP contribution in [0.5, 0.6) is 0 Å². The highest BCUT2D eigenvalue weighted by Gasteiger charge is 2.35. The third-order valence-electron chi connectivity index (χ3n) is 4.98. The minimum atomic E-state index is -1.11. The average Bonchev–Trinajstić information content (AvgIpc) is 2.76. The molecule has 234 valence electrons. The summed E-state index contributed by atoms with van der Waals surface area (Å²) in [6, 6.07) is -1.82. The highest BCUT2D eigenvalue weighted by atomic mass is 16.6. The van der Waals surface area contributed by atoms with Gasteiger partial charge in [0.05, 0.1) is 20.3 Å². The summed E-state index contributed by atoms with van der Waals surface area (Å²) in [6.45, 7) is 17.4. The van der Waals surface area contributed by atoms with Gasteiger partial charge in [0.15, 0.2) is 0 Å². The first kappa shape index (κ1) is 43.5. The largest absolute Gasteiger partial charge is 0.480 e. The van der Waals surface area contributed by atoms with Gasteiger partial charge in [0.25, 0.3) is 0 Å². The summed E-state index contributed by atoms with van der Waals surface area (Å²) in [5, 5.41) is 31.9. The number of aliphatic hydroxyl groups is 2. The maximum absolute atomic E-state index is 11.7. The van der Waals surface area contributed by atoms with E-state index in [0.717, 1.165) is 0 Å². The zero-order valence-corrected chi connectivity index (χ0v) is 24.2. The normalized spacial score (nSPS) is 13.1. The molecule has 12 heteroatoms. The van der Waals surface area contributed by atoms with Crippen molar-refractivity contribution in [3.05, 3.63) is 0 Å². The Labute approximate surface area is 235 Å². The first-order valence-corrected chi connectivity index (χ1v) is 11.9. The number of carboxylic acid groups (broad SMARTS) is 1. The maximum atomic E-state index is 11.7. The molecule has 0 aromatic heterocycles. The maximum Gasteiger partial charge on any atom is 0.407 e. The van der Waals surface area contributed by atoms with E-state index in [1.807, 2.05) is 20.8 Å². The molecule has 0 aromatic rings. The molecule has 0 spiro atoms. The Hall–Kier alpha value is -2.60. The van der Waals surface area contributed by atoms with Crippen LogP contribution in [0.4, 0.5) is 9.59 Å². The van der Waals surface area contributed by atoms with Gasteiger partial charge in [-0.2, -0.15) is 0 Å². The van der Waals surface area contributed by atoms with E-state index in [-0.39, 0.29) is 41.3 Å². The van der Waals surface area contributed by atoms with Gasteiger partial charge in [0.1, 0.15) is 25.3 Å². The summed E-state index contributed by atoms with van der Waals surface area (Å²) in [5.74, 6) is -1.63. The van der Waals surface area contributed by atoms with Crippen molar-refractivity contribution in [3.8, 4) is 0 Å². The molecule has 0 aliphatic rings. The molecule has 0 aliphatic heterocycles. The van der Waals surface area contributed by atoms with Crippen LogP contribution in [-0.2, 0) is 23.8 Å². The molecule has 12 nitrogen and oxygen atoms in total. The number of hydrogen-bond donors (Lipinski definition) is 5. The summed E-state index contributed by atoms with van der Waals surface area (Å²) in [7, 11) is 1.27. The predicted molar refractivity (Wildman–Crippen MR) is 150 cm³/mol. The van der Waals surface area contributed by atoms with E-state index in [1.54, 1.807) is 48.5 Å². The fourth-order valence-corrected chi connectivity index (χ4v) is 2.33. The van der Waals surface area contributed by atoms with Gasteiger partial charge in [0.2, 0.25) is 0 Å². The van der Waals surface area contributed by atoms with Crippen LogP contribution in [0.2, 0.25) is 0 Å². The number of ether oxygens (including phenoxy) is 3. The third kappa shape index (κ3) is 19.2. The number of aliphatic carboxylic acids is 1. The first-order chi connectivity index (χ1) is 16.5. The fourth-order valence-electron chi connectivity index (χ4n) is 2.33. The van der Waals surface area contributed by atoms with Crippen LogP contribution in [0.25, 0.3) is 0 Å². The van der Waals surface area contributed by atoms with E-state index in [0.29, 0.717) is 0 Å². The van der Waals surface area contributed by atoms with Crippen LogP contribution in [0.3, 0.4) is 0 Å². The highest BCUT2D eigenvalue weighted by molar-refractivity contribution is 5.82. The monoisotopic (exact) mass is 568 g/mol. The van der Waals surface area contributed by atoms with Crippen molar-refractivity contribution < 1.29 is 48.7 Å². The van der Waals surface area contributed by atoms with Crippen molar-refractivity contribution in [2.24, 2.45) is 21.7 Å². The number of carbonyl (C=O) groups is 4. The van der Waals surface area contributed by atoms with Gasteiger partial charge >= 0.3 is 24.1 Å². The molecule has 0 aromatic carbocycles. The standard InChI is InChI=1S/C13H25NO5.C12H23NO5.2CH4/c1-12(2,3)9(10(16)18-6)14-11(17)19-8-13(4,5)7-15;1-11(2,3)8(9(15)16)13-10(17)18-7-12(4,5)6-14;;/h9,15H,7-8H2,1-6H3,(H,14,17);8,14H,6-7H2,1-5H3,(H,13,17)(H,15,16);2*1H4/t9-;8-;;/m11../s1. The quantitative estimate of drug-likeness (QED) is 0.192. The molecule has 0 saturated heterocycles. The van der Waals surface area contributed by atoms with Crippen molar-refractivity contribution in [1.82, 2.24) is 10.6 Å². The Balaban J connectivity index is -0.000000299. The second-order valence-electron chi connectivity index (χ2n) is 12.5. The first-order valence-electron chi connectivity index (χ1n) is 11.9. The van der Waals surface area contributed by atoms with Gasteiger partial charge in [-0.15, -0.1) is 0 Å². The number of carbonyl (C=O) groups excluding carboxylic acids is 3. The van der Waals surface area contributed by atoms with E-state index in [4.69, 9.17) is 24.8 Å². The number of hydrogen-bond acceptors (Lipinski definition) is 9. The summed E-state index contributed by atoms with van der Waals surface area (Å²) >= 11 is 0. The Morgan fingerprint density at radius 1 is 0.667 bits per heavy atom. The average molecular weight is 569 g/mol. The van der Waals surface area contributed by atoms with Crippen molar-refractivity contribution in [2.45, 2.75) is 96.2 Å². The van der Waals surface area contributed by atoms with Crippen molar-refractivity contribution in [1.29, 1.82) is 0 Å². The number of amides is 2. The number of rotatable bonds is 10. The zero-order chi connectivity index (χ0) is 29.8. The number of carboxylic acids is 1. The van der Waals surface area contributed by atoms with Crippen LogP contribution in [0, 0.1) is 21.7 Å². The van der Waals surface area contributed by atoms with Crippen LogP contribution in [0.1, 0.15) is 84.1 Å². The lowest BCUT2D eigenvalue weighted by Gasteiger charge is -2.29. The van der Waals surface area contributed by atoms with E-state index < -0.39 is 57.9 Å². The molecule has 0 bridgehead atoms. The minimum Gasteiger partial charge on any atom is -0.480 e. The molecular formula is C27H56N2O10. The highest BCUT2D eigenvalue weighted by Crippen LogP contribution is 2.21. The Kier molecular flexibility index (Phi) is 19.9. The Morgan fingerprint density at radius 2 is 0.974 bits per heavy atom. The number of methoxy groups -OCH3 is 1. The lowest BCUT2D eigenvalue weighted by molar-refractivity contribution is -0.146. The Morgan fingerprint density at radius 3 is 1.21 bits per heavy atom. The molecule has 0 rings (SSSR count). The summed E-state index contributed by atoms with van der Waals surface area (Å²) in [5.41, 5.74) is -2.16. The number of alkyl carbamates (subject to hydrolysis) is 2. The van der Waals surface area contributed by atoms with Crippen LogP contribution in [-0.4, -0.2) is 85.1 Å². The summed E-state index contributed by atoms with van der Waals surface area (Å²) in [4.78, 5) is 45.8. The molecule has 0 unspecified atom stereocenters. The van der Waals surface area contributed by atoms with Gasteiger partial charge in [-0.3, -0.25) is 0 Å². The van der Waals surface area contributed by atoms with Crippen molar-refractivity contribution in [2.75, 3.05) is 33.5 Å². The Bertz CT molecular complexity index is 753. The van der Waals surface area contributed by atoms with Gasteiger partial charge in [0, 0.05) is 10.8 Å². The lowest BCUT2D eigenvalue weighted by atomic mass is 9.87. The SMILES string of the molecule is C.C.CC(C)(CO)COC(=O)N[C@H](C(=O)O)C(C)(C)C.COC(=O)[C@@H](NC(=O)OCC(C)(C)CO)C(C)(C)C. The number of aliphatic hydroxyl groups excluding tert-OH is 2. The van der Waals surface area contributed by atoms with Gasteiger partial charge < -0.3 is 40.2 Å². The number of nitrogens with one attached hydrogen (secondary N) is 2. The fraction of sp³-hybridized carbons (Fsp3) is 0.852. The van der Waals surface area contributed by atoms with E-state index in [1.165, 1.54) is 7.11 Å². The molecule has 0 fully saturated rings. The van der Waals surface area contributed by atoms with Crippen molar-refractivity contribution >= 4 is 24.1 Å². The third-order valence-corrected chi connectivity index (χ3v) is 4.98.